The van der Waals surface area contributed by atoms with Crippen molar-refractivity contribution in [1.82, 2.24) is 0 Å². The van der Waals surface area contributed by atoms with E-state index in [-0.39, 0.29) is 12.5 Å². The molecule has 0 saturated heterocycles. The summed E-state index contributed by atoms with van der Waals surface area (Å²) in [6.07, 6.45) is 0. The largest absolute Gasteiger partial charge is 0.482 e. The number of anilines is 1. The van der Waals surface area contributed by atoms with Crippen LogP contribution in [0.4, 0.5) is 5.69 Å². The summed E-state index contributed by atoms with van der Waals surface area (Å²) in [7, 11) is 0. The number of amides is 1. The molecular formula is C15H11IN2O2. The third-order valence-electron chi connectivity index (χ3n) is 2.51. The van der Waals surface area contributed by atoms with Crippen LogP contribution in [0, 0.1) is 14.9 Å². The lowest BCUT2D eigenvalue weighted by Crippen LogP contribution is -2.20. The quantitative estimate of drug-likeness (QED) is 0.832. The van der Waals surface area contributed by atoms with E-state index in [1.54, 1.807) is 24.3 Å². The molecule has 1 amide bonds. The van der Waals surface area contributed by atoms with Crippen LogP contribution in [0.3, 0.4) is 0 Å². The maximum Gasteiger partial charge on any atom is 0.262 e. The van der Waals surface area contributed by atoms with E-state index in [9.17, 15) is 4.79 Å². The van der Waals surface area contributed by atoms with E-state index < -0.39 is 0 Å². The average molecular weight is 378 g/mol. The minimum absolute atomic E-state index is 0.135. The zero-order valence-electron chi connectivity index (χ0n) is 10.5. The number of carbonyl (C=O) groups excluding carboxylic acids is 1. The Morgan fingerprint density at radius 2 is 1.90 bits per heavy atom. The van der Waals surface area contributed by atoms with Gasteiger partial charge in [0.25, 0.3) is 5.91 Å². The van der Waals surface area contributed by atoms with E-state index in [0.29, 0.717) is 11.3 Å². The van der Waals surface area contributed by atoms with Gasteiger partial charge < -0.3 is 10.1 Å². The van der Waals surface area contributed by atoms with Crippen LogP contribution in [0.15, 0.2) is 48.5 Å². The van der Waals surface area contributed by atoms with Gasteiger partial charge in [0.1, 0.15) is 11.8 Å². The standard InChI is InChI=1S/C15H11IN2O2/c16-12-6-2-3-7-13(12)18-15(19)10-20-14-8-4-1-5-11(14)9-17/h1-8H,10H2,(H,18,19). The molecule has 2 aromatic rings. The van der Waals surface area contributed by atoms with E-state index in [1.165, 1.54) is 0 Å². The topological polar surface area (TPSA) is 62.1 Å². The highest BCUT2D eigenvalue weighted by molar-refractivity contribution is 14.1. The molecule has 0 unspecified atom stereocenters. The van der Waals surface area contributed by atoms with Crippen LogP contribution in [-0.4, -0.2) is 12.5 Å². The summed E-state index contributed by atoms with van der Waals surface area (Å²) in [4.78, 5) is 11.8. The molecule has 0 bridgehead atoms. The zero-order valence-corrected chi connectivity index (χ0v) is 12.6. The highest BCUT2D eigenvalue weighted by Crippen LogP contribution is 2.18. The van der Waals surface area contributed by atoms with Gasteiger partial charge in [0.15, 0.2) is 6.61 Å². The van der Waals surface area contributed by atoms with Crippen LogP contribution in [0.2, 0.25) is 0 Å². The number of halogens is 1. The van der Waals surface area contributed by atoms with Gasteiger partial charge in [-0.1, -0.05) is 24.3 Å². The summed E-state index contributed by atoms with van der Waals surface area (Å²) < 4.78 is 6.32. The molecule has 0 heterocycles. The summed E-state index contributed by atoms with van der Waals surface area (Å²) in [6, 6.07) is 16.3. The fourth-order valence-corrected chi connectivity index (χ4v) is 2.10. The van der Waals surface area contributed by atoms with Crippen molar-refractivity contribution in [3.05, 3.63) is 57.7 Å². The third kappa shape index (κ3) is 3.71. The predicted molar refractivity (Wildman–Crippen MR) is 84.4 cm³/mol. The number of hydrogen-bond acceptors (Lipinski definition) is 3. The molecule has 20 heavy (non-hydrogen) atoms. The molecular weight excluding hydrogens is 367 g/mol. The second kappa shape index (κ2) is 6.91. The monoisotopic (exact) mass is 378 g/mol. The van der Waals surface area contributed by atoms with Gasteiger partial charge >= 0.3 is 0 Å². The number of nitrogens with zero attached hydrogens (tertiary/aromatic N) is 1. The maximum atomic E-state index is 11.8. The summed E-state index contributed by atoms with van der Waals surface area (Å²) >= 11 is 2.15. The van der Waals surface area contributed by atoms with Crippen LogP contribution in [0.1, 0.15) is 5.56 Å². The van der Waals surface area contributed by atoms with Gasteiger partial charge in [0.2, 0.25) is 0 Å². The summed E-state index contributed by atoms with van der Waals surface area (Å²) in [6.45, 7) is -0.135. The van der Waals surface area contributed by atoms with Crippen LogP contribution in [0.25, 0.3) is 0 Å². The Hall–Kier alpha value is -2.07. The molecule has 4 nitrogen and oxygen atoms in total. The Labute approximate surface area is 130 Å². The molecule has 5 heteroatoms. The second-order valence-electron chi connectivity index (χ2n) is 3.92. The number of hydrogen-bond donors (Lipinski definition) is 1. The second-order valence-corrected chi connectivity index (χ2v) is 5.09. The van der Waals surface area contributed by atoms with Gasteiger partial charge in [-0.25, -0.2) is 0 Å². The van der Waals surface area contributed by atoms with E-state index in [1.807, 2.05) is 30.3 Å². The Bertz CT molecular complexity index is 665. The number of ether oxygens (including phenoxy) is 1. The third-order valence-corrected chi connectivity index (χ3v) is 3.45. The van der Waals surface area contributed by atoms with Crippen molar-refractivity contribution >= 4 is 34.2 Å². The number of benzene rings is 2. The van der Waals surface area contributed by atoms with Crippen molar-refractivity contribution in [3.63, 3.8) is 0 Å². The minimum atomic E-state index is -0.262. The lowest BCUT2D eigenvalue weighted by Gasteiger charge is -2.09. The SMILES string of the molecule is N#Cc1ccccc1OCC(=O)Nc1ccccc1I. The van der Waals surface area contributed by atoms with Gasteiger partial charge in [-0.3, -0.25) is 4.79 Å². The van der Waals surface area contributed by atoms with Gasteiger partial charge in [-0.2, -0.15) is 5.26 Å². The molecule has 100 valence electrons. The Balaban J connectivity index is 1.96. The molecule has 2 rings (SSSR count). The molecule has 0 aromatic heterocycles. The molecule has 0 fully saturated rings. The van der Waals surface area contributed by atoms with Gasteiger partial charge in [-0.05, 0) is 46.9 Å². The van der Waals surface area contributed by atoms with Gasteiger partial charge in [0.05, 0.1) is 11.3 Å². The van der Waals surface area contributed by atoms with Crippen LogP contribution in [0.5, 0.6) is 5.75 Å². The number of para-hydroxylation sites is 2. The molecule has 0 saturated carbocycles. The number of rotatable bonds is 4. The summed E-state index contributed by atoms with van der Waals surface area (Å²) in [5.74, 6) is 0.148. The smallest absolute Gasteiger partial charge is 0.262 e. The van der Waals surface area contributed by atoms with Crippen molar-refractivity contribution in [2.45, 2.75) is 0 Å². The number of nitrogens with one attached hydrogen (secondary N) is 1. The Morgan fingerprint density at radius 3 is 2.65 bits per heavy atom. The summed E-state index contributed by atoms with van der Waals surface area (Å²) in [5.41, 5.74) is 1.16. The first-order valence-corrected chi connectivity index (χ1v) is 6.95. The molecule has 2 aromatic carbocycles. The van der Waals surface area contributed by atoms with Crippen LogP contribution in [-0.2, 0) is 4.79 Å². The van der Waals surface area contributed by atoms with Gasteiger partial charge in [0, 0.05) is 3.57 Å². The molecule has 0 aliphatic heterocycles. The fourth-order valence-electron chi connectivity index (χ4n) is 1.58. The Kier molecular flexibility index (Phi) is 4.96. The lowest BCUT2D eigenvalue weighted by molar-refractivity contribution is -0.118. The van der Waals surface area contributed by atoms with Crippen LogP contribution >= 0.6 is 22.6 Å². The molecule has 0 atom stereocenters. The average Bonchev–Trinajstić information content (AvgIpc) is 2.48. The molecule has 0 radical (unpaired) electrons. The van der Waals surface area contributed by atoms with Crippen molar-refractivity contribution in [3.8, 4) is 11.8 Å². The van der Waals surface area contributed by atoms with Crippen LogP contribution < -0.4 is 10.1 Å². The minimum Gasteiger partial charge on any atom is -0.482 e. The van der Waals surface area contributed by atoms with E-state index in [2.05, 4.69) is 27.9 Å². The maximum absolute atomic E-state index is 11.8. The molecule has 0 aliphatic carbocycles. The summed E-state index contributed by atoms with van der Waals surface area (Å²) in [5, 5.41) is 11.7. The van der Waals surface area contributed by atoms with E-state index in [4.69, 9.17) is 10.00 Å². The van der Waals surface area contributed by atoms with Crippen molar-refractivity contribution < 1.29 is 9.53 Å². The van der Waals surface area contributed by atoms with Crippen molar-refractivity contribution in [2.24, 2.45) is 0 Å². The lowest BCUT2D eigenvalue weighted by atomic mass is 10.2. The number of nitriles is 1. The zero-order chi connectivity index (χ0) is 14.4. The first kappa shape index (κ1) is 14.3. The van der Waals surface area contributed by atoms with Gasteiger partial charge in [-0.15, -0.1) is 0 Å². The first-order chi connectivity index (χ1) is 9.70. The molecule has 0 spiro atoms. The van der Waals surface area contributed by atoms with Crippen molar-refractivity contribution in [2.75, 3.05) is 11.9 Å². The highest BCUT2D eigenvalue weighted by Gasteiger charge is 2.07. The molecule has 1 N–H and O–H groups in total. The highest BCUT2D eigenvalue weighted by atomic mass is 127. The number of carbonyl (C=O) groups is 1. The fraction of sp³-hybridized carbons (Fsp3) is 0.0667. The molecule has 0 aliphatic rings. The normalized spacial score (nSPS) is 9.60. The Morgan fingerprint density at radius 1 is 1.20 bits per heavy atom. The van der Waals surface area contributed by atoms with E-state index >= 15 is 0 Å². The first-order valence-electron chi connectivity index (χ1n) is 5.87. The van der Waals surface area contributed by atoms with E-state index in [0.717, 1.165) is 9.26 Å². The van der Waals surface area contributed by atoms with Crippen molar-refractivity contribution in [1.29, 1.82) is 5.26 Å². The predicted octanol–water partition coefficient (Wildman–Crippen LogP) is 3.18.